The van der Waals surface area contributed by atoms with Gasteiger partial charge in [0.1, 0.15) is 11.5 Å². The lowest BCUT2D eigenvalue weighted by Crippen LogP contribution is -2.48. The highest BCUT2D eigenvalue weighted by molar-refractivity contribution is 5.76. The van der Waals surface area contributed by atoms with Crippen molar-refractivity contribution < 1.29 is 18.8 Å². The van der Waals surface area contributed by atoms with Gasteiger partial charge in [-0.3, -0.25) is 9.69 Å². The number of ether oxygens (including phenoxy) is 2. The summed E-state index contributed by atoms with van der Waals surface area (Å²) >= 11 is 0. The second kappa shape index (κ2) is 10.3. The Morgan fingerprint density at radius 2 is 1.69 bits per heavy atom. The van der Waals surface area contributed by atoms with E-state index in [1.165, 1.54) is 5.56 Å². The number of hydrogen-bond acceptors (Lipinski definition) is 7. The first kappa shape index (κ1) is 21.8. The molecule has 8 nitrogen and oxygen atoms in total. The van der Waals surface area contributed by atoms with Crippen LogP contribution in [0.5, 0.6) is 11.5 Å². The van der Waals surface area contributed by atoms with E-state index in [1.54, 1.807) is 7.11 Å². The Balaban J connectivity index is 1.19. The van der Waals surface area contributed by atoms with Crippen molar-refractivity contribution in [2.24, 2.45) is 0 Å². The molecule has 3 aromatic rings. The molecule has 32 heavy (non-hydrogen) atoms. The minimum absolute atomic E-state index is 0.109. The Labute approximate surface area is 187 Å². The molecule has 0 saturated carbocycles. The van der Waals surface area contributed by atoms with Gasteiger partial charge in [-0.25, -0.2) is 0 Å². The van der Waals surface area contributed by atoms with E-state index < -0.39 is 0 Å². The zero-order valence-electron chi connectivity index (χ0n) is 18.5. The van der Waals surface area contributed by atoms with Gasteiger partial charge in [0, 0.05) is 31.7 Å². The van der Waals surface area contributed by atoms with Gasteiger partial charge in [-0.1, -0.05) is 35.0 Å². The van der Waals surface area contributed by atoms with E-state index in [1.807, 2.05) is 60.4 Å². The average Bonchev–Trinajstić information content (AvgIpc) is 3.29. The summed E-state index contributed by atoms with van der Waals surface area (Å²) in [6, 6.07) is 15.4. The van der Waals surface area contributed by atoms with E-state index in [-0.39, 0.29) is 5.91 Å². The van der Waals surface area contributed by atoms with Crippen molar-refractivity contribution in [2.45, 2.75) is 19.9 Å². The third-order valence-corrected chi connectivity index (χ3v) is 5.51. The van der Waals surface area contributed by atoms with Crippen LogP contribution in [0.3, 0.4) is 0 Å². The third kappa shape index (κ3) is 5.64. The van der Waals surface area contributed by atoms with E-state index in [9.17, 15) is 4.79 Å². The molecular formula is C24H28N4O4. The normalized spacial score (nSPS) is 14.4. The van der Waals surface area contributed by atoms with Gasteiger partial charge in [0.25, 0.3) is 0 Å². The number of hydrogen-bond donors (Lipinski definition) is 0. The number of rotatable bonds is 8. The van der Waals surface area contributed by atoms with Gasteiger partial charge in [-0.05, 0) is 31.2 Å². The summed E-state index contributed by atoms with van der Waals surface area (Å²) in [7, 11) is 1.62. The van der Waals surface area contributed by atoms with Crippen molar-refractivity contribution in [1.29, 1.82) is 0 Å². The van der Waals surface area contributed by atoms with E-state index in [0.717, 1.165) is 30.2 Å². The number of methoxy groups -OCH3 is 1. The standard InChI is InChI=1S/C24H28N4O4/c1-18-3-5-19(6-4-18)24-25-22(32-26-24)17-27-12-14-28(15-13-27)23(29)11-16-31-21-9-7-20(30-2)8-10-21/h3-10H,11-17H2,1-2H3. The lowest BCUT2D eigenvalue weighted by Gasteiger charge is -2.34. The molecule has 2 heterocycles. The fraction of sp³-hybridized carbons (Fsp3) is 0.375. The topological polar surface area (TPSA) is 80.9 Å². The summed E-state index contributed by atoms with van der Waals surface area (Å²) in [5, 5.41) is 4.09. The number of nitrogens with zero attached hydrogens (tertiary/aromatic N) is 4. The maximum Gasteiger partial charge on any atom is 0.241 e. The first-order valence-electron chi connectivity index (χ1n) is 10.8. The van der Waals surface area contributed by atoms with E-state index in [0.29, 0.717) is 44.4 Å². The van der Waals surface area contributed by atoms with Crippen molar-refractivity contribution >= 4 is 5.91 Å². The fourth-order valence-electron chi connectivity index (χ4n) is 3.57. The molecule has 4 rings (SSSR count). The second-order valence-electron chi connectivity index (χ2n) is 7.81. The predicted octanol–water partition coefficient (Wildman–Crippen LogP) is 3.17. The van der Waals surface area contributed by atoms with Gasteiger partial charge in [0.2, 0.25) is 17.6 Å². The number of aryl methyl sites for hydroxylation is 1. The molecule has 8 heteroatoms. The molecule has 2 aromatic carbocycles. The Kier molecular flexibility index (Phi) is 7.01. The molecule has 1 amide bonds. The number of amides is 1. The second-order valence-corrected chi connectivity index (χ2v) is 7.81. The van der Waals surface area contributed by atoms with Crippen molar-refractivity contribution in [3.05, 3.63) is 60.0 Å². The first-order valence-corrected chi connectivity index (χ1v) is 10.8. The van der Waals surface area contributed by atoms with Crippen LogP contribution in [0.2, 0.25) is 0 Å². The van der Waals surface area contributed by atoms with E-state index in [2.05, 4.69) is 15.0 Å². The smallest absolute Gasteiger partial charge is 0.241 e. The first-order chi connectivity index (χ1) is 15.6. The maximum absolute atomic E-state index is 12.5. The quantitative estimate of drug-likeness (QED) is 0.536. The summed E-state index contributed by atoms with van der Waals surface area (Å²) in [5.74, 6) is 2.81. The zero-order valence-corrected chi connectivity index (χ0v) is 18.5. The van der Waals surface area contributed by atoms with Crippen molar-refractivity contribution in [3.63, 3.8) is 0 Å². The minimum Gasteiger partial charge on any atom is -0.497 e. The maximum atomic E-state index is 12.5. The Morgan fingerprint density at radius 1 is 1.00 bits per heavy atom. The minimum atomic E-state index is 0.109. The molecule has 0 aliphatic carbocycles. The lowest BCUT2D eigenvalue weighted by atomic mass is 10.1. The third-order valence-electron chi connectivity index (χ3n) is 5.51. The molecule has 168 valence electrons. The molecule has 0 radical (unpaired) electrons. The van der Waals surface area contributed by atoms with Crippen LogP contribution < -0.4 is 9.47 Å². The van der Waals surface area contributed by atoms with Crippen LogP contribution in [-0.4, -0.2) is 65.7 Å². The molecule has 0 spiro atoms. The molecule has 1 aromatic heterocycles. The molecular weight excluding hydrogens is 408 g/mol. The molecule has 0 N–H and O–H groups in total. The summed E-state index contributed by atoms with van der Waals surface area (Å²) < 4.78 is 16.2. The van der Waals surface area contributed by atoms with Crippen LogP contribution in [0.15, 0.2) is 53.1 Å². The summed E-state index contributed by atoms with van der Waals surface area (Å²) in [4.78, 5) is 21.1. The van der Waals surface area contributed by atoms with E-state index >= 15 is 0 Å². The highest BCUT2D eigenvalue weighted by atomic mass is 16.5. The number of piperazine rings is 1. The SMILES string of the molecule is COc1ccc(OCCC(=O)N2CCN(Cc3nc(-c4ccc(C)cc4)no3)CC2)cc1. The molecule has 1 aliphatic rings. The number of benzene rings is 2. The van der Waals surface area contributed by atoms with Crippen molar-refractivity contribution in [3.8, 4) is 22.9 Å². The fourth-order valence-corrected chi connectivity index (χ4v) is 3.57. The summed E-state index contributed by atoms with van der Waals surface area (Å²) in [5.41, 5.74) is 2.13. The van der Waals surface area contributed by atoms with Gasteiger partial charge in [0.15, 0.2) is 0 Å². The van der Waals surface area contributed by atoms with E-state index in [4.69, 9.17) is 14.0 Å². The Morgan fingerprint density at radius 3 is 2.38 bits per heavy atom. The van der Waals surface area contributed by atoms with Crippen LogP contribution in [0.4, 0.5) is 0 Å². The average molecular weight is 437 g/mol. The van der Waals surface area contributed by atoms with Crippen LogP contribution in [0.25, 0.3) is 11.4 Å². The largest absolute Gasteiger partial charge is 0.497 e. The van der Waals surface area contributed by atoms with Gasteiger partial charge >= 0.3 is 0 Å². The van der Waals surface area contributed by atoms with Gasteiger partial charge in [-0.2, -0.15) is 4.98 Å². The molecule has 1 fully saturated rings. The Hall–Kier alpha value is -3.39. The predicted molar refractivity (Wildman–Crippen MR) is 119 cm³/mol. The highest BCUT2D eigenvalue weighted by Crippen LogP contribution is 2.18. The molecule has 0 unspecified atom stereocenters. The number of aromatic nitrogens is 2. The van der Waals surface area contributed by atoms with Crippen LogP contribution in [0.1, 0.15) is 17.9 Å². The van der Waals surface area contributed by atoms with Crippen molar-refractivity contribution in [2.75, 3.05) is 39.9 Å². The van der Waals surface area contributed by atoms with Crippen LogP contribution >= 0.6 is 0 Å². The number of carbonyl (C=O) groups is 1. The van der Waals surface area contributed by atoms with Gasteiger partial charge in [0.05, 0.1) is 26.7 Å². The zero-order chi connectivity index (χ0) is 22.3. The lowest BCUT2D eigenvalue weighted by molar-refractivity contribution is -0.133. The number of carbonyl (C=O) groups excluding carboxylic acids is 1. The summed E-state index contributed by atoms with van der Waals surface area (Å²) in [6.07, 6.45) is 0.357. The molecule has 1 aliphatic heterocycles. The monoisotopic (exact) mass is 436 g/mol. The van der Waals surface area contributed by atoms with Gasteiger partial charge in [-0.15, -0.1) is 0 Å². The Bertz CT molecular complexity index is 1010. The van der Waals surface area contributed by atoms with Gasteiger partial charge < -0.3 is 18.9 Å². The molecule has 0 atom stereocenters. The molecule has 1 saturated heterocycles. The molecule has 0 bridgehead atoms. The van der Waals surface area contributed by atoms with Crippen LogP contribution in [0, 0.1) is 6.92 Å². The highest BCUT2D eigenvalue weighted by Gasteiger charge is 2.22. The van der Waals surface area contributed by atoms with Crippen molar-refractivity contribution in [1.82, 2.24) is 19.9 Å². The van der Waals surface area contributed by atoms with Crippen LogP contribution in [-0.2, 0) is 11.3 Å². The summed E-state index contributed by atoms with van der Waals surface area (Å²) in [6.45, 7) is 5.89.